The highest BCUT2D eigenvalue weighted by molar-refractivity contribution is 6.22. The summed E-state index contributed by atoms with van der Waals surface area (Å²) in [5.74, 6) is -7.92. The van der Waals surface area contributed by atoms with Crippen molar-refractivity contribution in [1.29, 1.82) is 0 Å². The number of carbonyl (C=O) groups excluding carboxylic acids is 3. The summed E-state index contributed by atoms with van der Waals surface area (Å²) in [7, 11) is 0. The zero-order valence-corrected chi connectivity index (χ0v) is 21.4. The highest BCUT2D eigenvalue weighted by Crippen LogP contribution is 2.52. The van der Waals surface area contributed by atoms with Crippen molar-refractivity contribution in [2.75, 3.05) is 6.54 Å². The number of hydrogen-bond donors (Lipinski definition) is 5. The molecule has 1 fully saturated rings. The number of Topliss-reactive ketones (excluding diaryl/α,β-unsaturated/α-hetero) is 2. The molecule has 1 aromatic carbocycles. The molecule has 6 N–H and O–H groups in total. The van der Waals surface area contributed by atoms with Crippen LogP contribution in [0.25, 0.3) is 5.76 Å². The van der Waals surface area contributed by atoms with Gasteiger partial charge in [0.15, 0.2) is 11.4 Å². The summed E-state index contributed by atoms with van der Waals surface area (Å²) in [5, 5.41) is 43.8. The van der Waals surface area contributed by atoms with Crippen LogP contribution in [0.3, 0.4) is 0 Å². The molecule has 0 spiro atoms. The maximum Gasteiger partial charge on any atom is 0.255 e. The molecule has 1 unspecified atom stereocenters. The van der Waals surface area contributed by atoms with Crippen molar-refractivity contribution in [2.24, 2.45) is 17.6 Å². The van der Waals surface area contributed by atoms with Crippen LogP contribution in [0.5, 0.6) is 5.75 Å². The number of nitrogens with two attached hydrogens (primary N) is 1. The number of rotatable bonds is 6. The second-order valence-electron chi connectivity index (χ2n) is 10.8. The molecule has 0 radical (unpaired) electrons. The van der Waals surface area contributed by atoms with E-state index >= 15 is 4.39 Å². The molecule has 3 aliphatic carbocycles. The van der Waals surface area contributed by atoms with Gasteiger partial charge in [-0.2, -0.15) is 0 Å². The minimum atomic E-state index is -2.64. The molecule has 1 saturated carbocycles. The first-order chi connectivity index (χ1) is 17.2. The van der Waals surface area contributed by atoms with Gasteiger partial charge in [0.2, 0.25) is 5.78 Å². The third-order valence-corrected chi connectivity index (χ3v) is 8.54. The van der Waals surface area contributed by atoms with Gasteiger partial charge in [-0.1, -0.05) is 13.8 Å². The summed E-state index contributed by atoms with van der Waals surface area (Å²) in [4.78, 5) is 39.8. The first-order valence-corrected chi connectivity index (χ1v) is 12.5. The zero-order valence-electron chi connectivity index (χ0n) is 21.4. The first kappa shape index (κ1) is 26.8. The fraction of sp³-hybridized carbons (Fsp3) is 0.519. The number of fused-ring (bicyclic) bond motifs is 3. The van der Waals surface area contributed by atoms with E-state index in [2.05, 4.69) is 4.90 Å². The van der Waals surface area contributed by atoms with Crippen LogP contribution >= 0.6 is 0 Å². The van der Waals surface area contributed by atoms with Crippen LogP contribution in [0, 0.1) is 17.7 Å². The number of aliphatic hydroxyl groups excluding tert-OH is 2. The molecule has 0 saturated heterocycles. The molecule has 10 heteroatoms. The van der Waals surface area contributed by atoms with Gasteiger partial charge >= 0.3 is 0 Å². The van der Waals surface area contributed by atoms with Crippen molar-refractivity contribution in [3.05, 3.63) is 45.5 Å². The van der Waals surface area contributed by atoms with Crippen LogP contribution < -0.4 is 5.73 Å². The molecule has 1 amide bonds. The van der Waals surface area contributed by atoms with E-state index in [1.54, 1.807) is 0 Å². The summed E-state index contributed by atoms with van der Waals surface area (Å²) < 4.78 is 15.9. The maximum atomic E-state index is 15.9. The Morgan fingerprint density at radius 1 is 1.22 bits per heavy atom. The number of aromatic hydroxyl groups is 1. The van der Waals surface area contributed by atoms with Gasteiger partial charge in [0.1, 0.15) is 28.7 Å². The lowest BCUT2D eigenvalue weighted by atomic mass is 9.59. The largest absolute Gasteiger partial charge is 0.508 e. The zero-order chi connectivity index (χ0) is 27.6. The average Bonchev–Trinajstić information content (AvgIpc) is 2.82. The molecule has 0 heterocycles. The van der Waals surface area contributed by atoms with Gasteiger partial charge in [-0.15, -0.1) is 0 Å². The van der Waals surface area contributed by atoms with Gasteiger partial charge < -0.3 is 26.2 Å². The van der Waals surface area contributed by atoms with Crippen LogP contribution in [0.4, 0.5) is 4.39 Å². The molecule has 3 aliphatic rings. The van der Waals surface area contributed by atoms with Gasteiger partial charge in [0, 0.05) is 41.1 Å². The Hall–Kier alpha value is -3.24. The Bertz CT molecular complexity index is 1280. The SMILES string of the molecule is CCN(Cc1cc(O)c2c(c1F)CC1C[C@H]3CC(=O)C(C(N)=O)=C(O)[C@@]3(O)C(=O)C1=C2O)C(C)(C)CC. The highest BCUT2D eigenvalue weighted by atomic mass is 19.1. The van der Waals surface area contributed by atoms with Crippen LogP contribution in [-0.2, 0) is 27.3 Å². The van der Waals surface area contributed by atoms with E-state index in [4.69, 9.17) is 5.73 Å². The molecule has 0 bridgehead atoms. The minimum absolute atomic E-state index is 0.0443. The molecule has 37 heavy (non-hydrogen) atoms. The quantitative estimate of drug-likeness (QED) is 0.361. The Morgan fingerprint density at radius 2 is 1.86 bits per heavy atom. The fourth-order valence-corrected chi connectivity index (χ4v) is 6.02. The van der Waals surface area contributed by atoms with E-state index in [1.807, 2.05) is 27.7 Å². The predicted molar refractivity (Wildman–Crippen MR) is 132 cm³/mol. The molecule has 0 aromatic heterocycles. The summed E-state index contributed by atoms with van der Waals surface area (Å²) in [6.45, 7) is 8.94. The van der Waals surface area contributed by atoms with Crippen molar-refractivity contribution >= 4 is 23.2 Å². The number of halogens is 1. The van der Waals surface area contributed by atoms with Crippen LogP contribution in [0.15, 0.2) is 23.0 Å². The number of phenols is 1. The normalized spacial score (nSPS) is 25.8. The van der Waals surface area contributed by atoms with Crippen molar-refractivity contribution in [3.63, 3.8) is 0 Å². The van der Waals surface area contributed by atoms with Crippen LogP contribution in [-0.4, -0.2) is 60.5 Å². The molecule has 200 valence electrons. The average molecular weight is 517 g/mol. The van der Waals surface area contributed by atoms with Crippen molar-refractivity contribution in [3.8, 4) is 5.75 Å². The number of phenolic OH excluding ortho intramolecular Hbond substituents is 1. The molecular weight excluding hydrogens is 483 g/mol. The highest BCUT2D eigenvalue weighted by Gasteiger charge is 2.60. The van der Waals surface area contributed by atoms with E-state index in [0.717, 1.165) is 6.42 Å². The summed E-state index contributed by atoms with van der Waals surface area (Å²) in [6, 6.07) is 1.23. The minimum Gasteiger partial charge on any atom is -0.508 e. The first-order valence-electron chi connectivity index (χ1n) is 12.5. The molecule has 3 atom stereocenters. The van der Waals surface area contributed by atoms with E-state index in [0.29, 0.717) is 6.54 Å². The number of primary amides is 1. The van der Waals surface area contributed by atoms with Crippen molar-refractivity contribution < 1.29 is 39.2 Å². The van der Waals surface area contributed by atoms with Gasteiger partial charge in [0.25, 0.3) is 5.91 Å². The number of ketones is 2. The lowest BCUT2D eigenvalue weighted by molar-refractivity contribution is -0.147. The number of hydrogen-bond acceptors (Lipinski definition) is 8. The van der Waals surface area contributed by atoms with Gasteiger partial charge in [0.05, 0.1) is 5.56 Å². The smallest absolute Gasteiger partial charge is 0.255 e. The monoisotopic (exact) mass is 516 g/mol. The number of aliphatic hydroxyl groups is 3. The van der Waals surface area contributed by atoms with Gasteiger partial charge in [-0.25, -0.2) is 4.39 Å². The second-order valence-corrected chi connectivity index (χ2v) is 10.8. The van der Waals surface area contributed by atoms with E-state index in [1.165, 1.54) is 6.07 Å². The number of nitrogens with zero attached hydrogens (tertiary/aromatic N) is 1. The number of amides is 1. The fourth-order valence-electron chi connectivity index (χ4n) is 6.02. The van der Waals surface area contributed by atoms with Crippen molar-refractivity contribution in [2.45, 2.75) is 71.1 Å². The topological polar surface area (TPSA) is 161 Å². The third-order valence-electron chi connectivity index (χ3n) is 8.54. The van der Waals surface area contributed by atoms with E-state index in [-0.39, 0.29) is 47.2 Å². The maximum absolute atomic E-state index is 15.9. The second kappa shape index (κ2) is 8.95. The Kier molecular flexibility index (Phi) is 6.49. The molecule has 9 nitrogen and oxygen atoms in total. The third kappa shape index (κ3) is 3.85. The predicted octanol–water partition coefficient (Wildman–Crippen LogP) is 2.57. The number of benzene rings is 1. The standard InChI is InChI=1S/C27H33FN2O7/c1-5-26(3,4)30(6-2)11-13-9-16(31)19-15(21(13)28)8-12-7-14-10-17(32)20(25(29)36)24(35)27(14,37)23(34)18(12)22(19)33/h9,12,14,31,33,35,37H,5-8,10-11H2,1-4H3,(H2,29,36)/t12?,14-,27-/m0/s1. The Morgan fingerprint density at radius 3 is 2.43 bits per heavy atom. The van der Waals surface area contributed by atoms with E-state index < -0.39 is 70.0 Å². The Balaban J connectivity index is 1.83. The summed E-state index contributed by atoms with van der Waals surface area (Å²) in [6.07, 6.45) is 0.285. The van der Waals surface area contributed by atoms with Crippen LogP contribution in [0.1, 0.15) is 63.6 Å². The summed E-state index contributed by atoms with van der Waals surface area (Å²) >= 11 is 0. The Labute approximate surface area is 214 Å². The lowest BCUT2D eigenvalue weighted by Gasteiger charge is -2.46. The van der Waals surface area contributed by atoms with Gasteiger partial charge in [-0.3, -0.25) is 19.3 Å². The lowest BCUT2D eigenvalue weighted by Crippen LogP contribution is -2.58. The number of carbonyl (C=O) groups is 3. The van der Waals surface area contributed by atoms with Crippen LogP contribution in [0.2, 0.25) is 0 Å². The van der Waals surface area contributed by atoms with E-state index in [9.17, 15) is 34.8 Å². The van der Waals surface area contributed by atoms with Gasteiger partial charge in [-0.05, 0) is 51.6 Å². The molecule has 0 aliphatic heterocycles. The molecular formula is C27H33FN2O7. The molecule has 1 aromatic rings. The summed E-state index contributed by atoms with van der Waals surface area (Å²) in [5.41, 5.74) is 1.22. The van der Waals surface area contributed by atoms with Crippen molar-refractivity contribution in [1.82, 2.24) is 4.90 Å². The molecule has 4 rings (SSSR count).